The van der Waals surface area contributed by atoms with E-state index in [4.69, 9.17) is 17.3 Å². The van der Waals surface area contributed by atoms with Crippen molar-refractivity contribution in [2.75, 3.05) is 6.54 Å². The molecule has 2 heterocycles. The summed E-state index contributed by atoms with van der Waals surface area (Å²) in [5, 5.41) is 3.42. The average Bonchev–Trinajstić information content (AvgIpc) is 3.35. The minimum atomic E-state index is -3.75. The molecular weight excluding hydrogens is 440 g/mol. The van der Waals surface area contributed by atoms with Crippen LogP contribution in [-0.2, 0) is 32.7 Å². The summed E-state index contributed by atoms with van der Waals surface area (Å²) in [6.45, 7) is 0.948. The van der Waals surface area contributed by atoms with E-state index in [0.29, 0.717) is 36.5 Å². The van der Waals surface area contributed by atoms with Crippen LogP contribution >= 0.6 is 11.6 Å². The van der Waals surface area contributed by atoms with Gasteiger partial charge in [0.1, 0.15) is 12.1 Å². The van der Waals surface area contributed by atoms with Crippen molar-refractivity contribution < 1.29 is 18.0 Å². The number of benzene rings is 2. The first-order chi connectivity index (χ1) is 14.8. The van der Waals surface area contributed by atoms with Gasteiger partial charge in [-0.3, -0.25) is 9.59 Å². The molecule has 1 unspecified atom stereocenters. The smallest absolute Gasteiger partial charge is 0.246 e. The molecule has 31 heavy (non-hydrogen) atoms. The standard InChI is InChI=1S/C21H23ClN4O4S/c22-15-8-7-13(11-23)14(10-15)12-24-20(27)17-5-3-9-26(17)21(28)19-16-4-1-2-6-18(16)31(29,30)25-19/h1-2,4,6-8,10,17,19,25H,3,5,9,11-12,23H2,(H,24,27)/t17?,19-/m0/s1. The number of sulfonamides is 1. The lowest BCUT2D eigenvalue weighted by molar-refractivity contribution is -0.139. The van der Waals surface area contributed by atoms with Gasteiger partial charge in [0.2, 0.25) is 21.8 Å². The molecule has 0 aliphatic carbocycles. The zero-order valence-electron chi connectivity index (χ0n) is 16.7. The van der Waals surface area contributed by atoms with Gasteiger partial charge in [0.15, 0.2) is 0 Å². The quantitative estimate of drug-likeness (QED) is 0.620. The molecule has 0 saturated carbocycles. The summed E-state index contributed by atoms with van der Waals surface area (Å²) in [5.41, 5.74) is 7.86. The Hall–Kier alpha value is -2.46. The summed E-state index contributed by atoms with van der Waals surface area (Å²) < 4.78 is 27.2. The van der Waals surface area contributed by atoms with E-state index in [1.165, 1.54) is 11.0 Å². The number of rotatable bonds is 5. The van der Waals surface area contributed by atoms with Gasteiger partial charge in [0, 0.05) is 24.7 Å². The Morgan fingerprint density at radius 1 is 1.19 bits per heavy atom. The summed E-state index contributed by atoms with van der Waals surface area (Å²) in [4.78, 5) is 27.7. The Morgan fingerprint density at radius 3 is 2.74 bits per heavy atom. The highest BCUT2D eigenvalue weighted by Gasteiger charge is 2.43. The second-order valence-corrected chi connectivity index (χ2v) is 9.74. The lowest BCUT2D eigenvalue weighted by Crippen LogP contribution is -2.48. The van der Waals surface area contributed by atoms with Gasteiger partial charge in [-0.2, -0.15) is 4.72 Å². The van der Waals surface area contributed by atoms with E-state index in [-0.39, 0.29) is 17.3 Å². The summed E-state index contributed by atoms with van der Waals surface area (Å²) in [5.74, 6) is -0.709. The summed E-state index contributed by atoms with van der Waals surface area (Å²) >= 11 is 6.06. The number of fused-ring (bicyclic) bond motifs is 1. The number of hydrogen-bond donors (Lipinski definition) is 3. The maximum absolute atomic E-state index is 13.2. The fourth-order valence-electron chi connectivity index (χ4n) is 4.16. The van der Waals surface area contributed by atoms with Crippen LogP contribution in [0.3, 0.4) is 0 Å². The Balaban J connectivity index is 1.49. The highest BCUT2D eigenvalue weighted by atomic mass is 35.5. The van der Waals surface area contributed by atoms with Gasteiger partial charge >= 0.3 is 0 Å². The fraction of sp³-hybridized carbons (Fsp3) is 0.333. The van der Waals surface area contributed by atoms with Crippen molar-refractivity contribution >= 4 is 33.4 Å². The van der Waals surface area contributed by atoms with Crippen LogP contribution in [-0.4, -0.2) is 37.7 Å². The lowest BCUT2D eigenvalue weighted by atomic mass is 10.1. The Bertz CT molecular complexity index is 1140. The van der Waals surface area contributed by atoms with Crippen LogP contribution in [0.5, 0.6) is 0 Å². The largest absolute Gasteiger partial charge is 0.350 e. The highest BCUT2D eigenvalue weighted by Crippen LogP contribution is 2.33. The zero-order valence-corrected chi connectivity index (χ0v) is 18.2. The van der Waals surface area contributed by atoms with E-state index in [9.17, 15) is 18.0 Å². The average molecular weight is 463 g/mol. The van der Waals surface area contributed by atoms with E-state index in [2.05, 4.69) is 10.0 Å². The zero-order chi connectivity index (χ0) is 22.2. The van der Waals surface area contributed by atoms with E-state index < -0.39 is 28.0 Å². The van der Waals surface area contributed by atoms with E-state index >= 15 is 0 Å². The van der Waals surface area contributed by atoms with Gasteiger partial charge in [-0.05, 0) is 47.7 Å². The Labute approximate surface area is 185 Å². The number of nitrogens with one attached hydrogen (secondary N) is 2. The third kappa shape index (κ3) is 4.18. The normalized spacial score (nSPS) is 21.7. The van der Waals surface area contributed by atoms with Gasteiger partial charge in [-0.15, -0.1) is 0 Å². The SMILES string of the molecule is NCc1ccc(Cl)cc1CNC(=O)C1CCCN1C(=O)[C@H]1NS(=O)(=O)c2ccccc21. The number of carbonyl (C=O) groups excluding carboxylic acids is 2. The molecule has 2 aromatic carbocycles. The minimum absolute atomic E-state index is 0.101. The molecule has 164 valence electrons. The molecule has 2 amide bonds. The van der Waals surface area contributed by atoms with Gasteiger partial charge in [-0.25, -0.2) is 8.42 Å². The monoisotopic (exact) mass is 462 g/mol. The molecule has 0 radical (unpaired) electrons. The molecule has 2 aliphatic rings. The van der Waals surface area contributed by atoms with Crippen LogP contribution in [0.2, 0.25) is 5.02 Å². The summed E-state index contributed by atoms with van der Waals surface area (Å²) in [6, 6.07) is 10.0. The fourth-order valence-corrected chi connectivity index (χ4v) is 5.77. The maximum atomic E-state index is 13.2. The van der Waals surface area contributed by atoms with Crippen molar-refractivity contribution in [3.8, 4) is 0 Å². The number of nitrogens with zero attached hydrogens (tertiary/aromatic N) is 1. The van der Waals surface area contributed by atoms with Crippen molar-refractivity contribution in [2.24, 2.45) is 5.73 Å². The molecule has 2 atom stereocenters. The molecule has 2 aliphatic heterocycles. The molecule has 1 saturated heterocycles. The molecule has 8 nitrogen and oxygen atoms in total. The molecule has 0 spiro atoms. The van der Waals surface area contributed by atoms with Gasteiger partial charge in [-0.1, -0.05) is 35.9 Å². The molecule has 1 fully saturated rings. The predicted octanol–water partition coefficient (Wildman–Crippen LogP) is 1.44. The van der Waals surface area contributed by atoms with Crippen LogP contribution in [0, 0.1) is 0 Å². The van der Waals surface area contributed by atoms with Crippen LogP contribution in [0.4, 0.5) is 0 Å². The number of amides is 2. The number of carbonyl (C=O) groups is 2. The third-order valence-corrected chi connectivity index (χ3v) is 7.45. The number of hydrogen-bond acceptors (Lipinski definition) is 5. The topological polar surface area (TPSA) is 122 Å². The van der Waals surface area contributed by atoms with E-state index in [0.717, 1.165) is 11.1 Å². The van der Waals surface area contributed by atoms with Crippen LogP contribution in [0.25, 0.3) is 0 Å². The van der Waals surface area contributed by atoms with E-state index in [1.54, 1.807) is 30.3 Å². The predicted molar refractivity (Wildman–Crippen MR) is 115 cm³/mol. The molecule has 0 aromatic heterocycles. The Morgan fingerprint density at radius 2 is 1.97 bits per heavy atom. The van der Waals surface area contributed by atoms with Crippen molar-refractivity contribution in [3.63, 3.8) is 0 Å². The number of halogens is 1. The summed E-state index contributed by atoms with van der Waals surface area (Å²) in [7, 11) is -3.75. The first kappa shape index (κ1) is 21.8. The van der Waals surface area contributed by atoms with Gasteiger partial charge in [0.05, 0.1) is 4.90 Å². The van der Waals surface area contributed by atoms with Crippen molar-refractivity contribution in [2.45, 2.75) is 42.9 Å². The van der Waals surface area contributed by atoms with Crippen LogP contribution in [0.1, 0.15) is 35.6 Å². The van der Waals surface area contributed by atoms with Gasteiger partial charge in [0.25, 0.3) is 0 Å². The minimum Gasteiger partial charge on any atom is -0.350 e. The first-order valence-electron chi connectivity index (χ1n) is 9.98. The van der Waals surface area contributed by atoms with Crippen LogP contribution < -0.4 is 15.8 Å². The van der Waals surface area contributed by atoms with Crippen LogP contribution in [0.15, 0.2) is 47.4 Å². The third-order valence-electron chi connectivity index (χ3n) is 5.72. The molecular formula is C21H23ClN4O4S. The van der Waals surface area contributed by atoms with Crippen molar-refractivity contribution in [1.29, 1.82) is 0 Å². The first-order valence-corrected chi connectivity index (χ1v) is 11.8. The molecule has 4 rings (SSSR count). The number of nitrogens with two attached hydrogens (primary N) is 1. The summed E-state index contributed by atoms with van der Waals surface area (Å²) in [6.07, 6.45) is 1.17. The molecule has 0 bridgehead atoms. The van der Waals surface area contributed by atoms with E-state index in [1.807, 2.05) is 6.07 Å². The second kappa shape index (κ2) is 8.58. The van der Waals surface area contributed by atoms with Crippen molar-refractivity contribution in [3.05, 3.63) is 64.2 Å². The Kier molecular flexibility index (Phi) is 6.02. The molecule has 4 N–H and O–H groups in total. The van der Waals surface area contributed by atoms with Crippen molar-refractivity contribution in [1.82, 2.24) is 14.9 Å². The van der Waals surface area contributed by atoms with Gasteiger partial charge < -0.3 is 16.0 Å². The number of likely N-dealkylation sites (tertiary alicyclic amines) is 1. The second-order valence-electron chi connectivity index (χ2n) is 7.62. The lowest BCUT2D eigenvalue weighted by Gasteiger charge is -2.26. The highest BCUT2D eigenvalue weighted by molar-refractivity contribution is 7.89. The molecule has 2 aromatic rings. The molecule has 10 heteroatoms. The maximum Gasteiger partial charge on any atom is 0.246 e.